The summed E-state index contributed by atoms with van der Waals surface area (Å²) in [5.41, 5.74) is 3.64. The highest BCUT2D eigenvalue weighted by molar-refractivity contribution is 6.32. The van der Waals surface area contributed by atoms with Crippen LogP contribution < -0.4 is 5.32 Å². The molecule has 156 valence electrons. The Kier molecular flexibility index (Phi) is 5.98. The molecule has 0 unspecified atom stereocenters. The van der Waals surface area contributed by atoms with Crippen LogP contribution in [-0.4, -0.2) is 37.7 Å². The van der Waals surface area contributed by atoms with E-state index in [1.807, 2.05) is 49.5 Å². The van der Waals surface area contributed by atoms with Gasteiger partial charge in [0.05, 0.1) is 28.8 Å². The number of rotatable bonds is 7. The Labute approximate surface area is 183 Å². The van der Waals surface area contributed by atoms with Crippen molar-refractivity contribution in [2.75, 3.05) is 11.9 Å². The summed E-state index contributed by atoms with van der Waals surface area (Å²) in [7, 11) is 0. The second-order valence-electron chi connectivity index (χ2n) is 6.95. The van der Waals surface area contributed by atoms with Crippen molar-refractivity contribution in [1.29, 1.82) is 5.26 Å². The number of aliphatic hydroxyl groups is 1. The third-order valence-electron chi connectivity index (χ3n) is 4.80. The predicted octanol–water partition coefficient (Wildman–Crippen LogP) is 3.77. The number of aliphatic hydroxyl groups excluding tert-OH is 1. The van der Waals surface area contributed by atoms with E-state index in [0.717, 1.165) is 22.5 Å². The van der Waals surface area contributed by atoms with Crippen molar-refractivity contribution >= 4 is 17.3 Å². The minimum absolute atomic E-state index is 0.203. The summed E-state index contributed by atoms with van der Waals surface area (Å²) in [5, 5.41) is 35.2. The molecule has 0 aliphatic heterocycles. The summed E-state index contributed by atoms with van der Waals surface area (Å²) < 4.78 is 7.47. The molecule has 0 radical (unpaired) electrons. The normalized spacial score (nSPS) is 11.8. The molecule has 0 amide bonds. The van der Waals surface area contributed by atoms with Crippen LogP contribution in [0.2, 0.25) is 5.02 Å². The second kappa shape index (κ2) is 9.00. The van der Waals surface area contributed by atoms with E-state index in [2.05, 4.69) is 20.6 Å². The van der Waals surface area contributed by atoms with Crippen LogP contribution in [0.4, 0.5) is 5.69 Å². The first-order valence-corrected chi connectivity index (χ1v) is 9.97. The minimum atomic E-state index is -0.746. The smallest absolute Gasteiger partial charge is 0.247 e. The number of aromatic nitrogens is 4. The van der Waals surface area contributed by atoms with Crippen LogP contribution in [0.3, 0.4) is 0 Å². The molecule has 31 heavy (non-hydrogen) atoms. The molecule has 2 aromatic carbocycles. The molecule has 8 nitrogen and oxygen atoms in total. The third-order valence-corrected chi connectivity index (χ3v) is 5.28. The van der Waals surface area contributed by atoms with E-state index in [9.17, 15) is 5.11 Å². The van der Waals surface area contributed by atoms with Gasteiger partial charge in [-0.3, -0.25) is 0 Å². The first-order chi connectivity index (χ1) is 15.0. The number of benzene rings is 2. The summed E-state index contributed by atoms with van der Waals surface area (Å²) in [6.45, 7) is 2.08. The first-order valence-electron chi connectivity index (χ1n) is 9.59. The minimum Gasteiger partial charge on any atom is -0.421 e. The van der Waals surface area contributed by atoms with E-state index in [1.54, 1.807) is 23.0 Å². The Morgan fingerprint density at radius 3 is 2.74 bits per heavy atom. The average Bonchev–Trinajstić information content (AvgIpc) is 3.47. The zero-order valence-corrected chi connectivity index (χ0v) is 17.4. The number of hydrogen-bond acceptors (Lipinski definition) is 7. The highest BCUT2D eigenvalue weighted by atomic mass is 35.5. The van der Waals surface area contributed by atoms with E-state index >= 15 is 0 Å². The summed E-state index contributed by atoms with van der Waals surface area (Å²) >= 11 is 6.18. The van der Waals surface area contributed by atoms with Crippen LogP contribution >= 0.6 is 11.6 Å². The van der Waals surface area contributed by atoms with E-state index < -0.39 is 6.10 Å². The van der Waals surface area contributed by atoms with Gasteiger partial charge < -0.3 is 14.8 Å². The van der Waals surface area contributed by atoms with Crippen LogP contribution in [0.1, 0.15) is 17.0 Å². The van der Waals surface area contributed by atoms with E-state index in [4.69, 9.17) is 21.3 Å². The number of hydrogen-bond donors (Lipinski definition) is 2. The van der Waals surface area contributed by atoms with Gasteiger partial charge in [0.2, 0.25) is 11.8 Å². The maximum atomic E-state index is 10.4. The summed E-state index contributed by atoms with van der Waals surface area (Å²) in [6.07, 6.45) is 3.04. The van der Waals surface area contributed by atoms with Gasteiger partial charge in [0.15, 0.2) is 0 Å². The average molecular weight is 435 g/mol. The van der Waals surface area contributed by atoms with Crippen molar-refractivity contribution in [2.24, 2.45) is 0 Å². The number of halogens is 1. The van der Waals surface area contributed by atoms with Crippen LogP contribution in [-0.2, 0) is 6.42 Å². The van der Waals surface area contributed by atoms with Gasteiger partial charge in [0, 0.05) is 30.2 Å². The fraction of sp³-hybridized carbons (Fsp3) is 0.182. The topological polar surface area (TPSA) is 113 Å². The lowest BCUT2D eigenvalue weighted by Crippen LogP contribution is -2.22. The Morgan fingerprint density at radius 2 is 2.03 bits per heavy atom. The lowest BCUT2D eigenvalue weighted by atomic mass is 10.1. The molecule has 0 spiro atoms. The fourth-order valence-corrected chi connectivity index (χ4v) is 3.30. The van der Waals surface area contributed by atoms with Crippen molar-refractivity contribution < 1.29 is 9.52 Å². The zero-order valence-electron chi connectivity index (χ0n) is 16.7. The molecule has 0 saturated carbocycles. The highest BCUT2D eigenvalue weighted by Gasteiger charge is 2.15. The molecular weight excluding hydrogens is 416 g/mol. The van der Waals surface area contributed by atoms with Gasteiger partial charge in [-0.2, -0.15) is 10.4 Å². The van der Waals surface area contributed by atoms with Gasteiger partial charge in [-0.1, -0.05) is 11.6 Å². The van der Waals surface area contributed by atoms with Gasteiger partial charge in [0.1, 0.15) is 6.07 Å². The largest absolute Gasteiger partial charge is 0.421 e. The molecule has 2 aromatic heterocycles. The van der Waals surface area contributed by atoms with E-state index in [-0.39, 0.29) is 13.0 Å². The van der Waals surface area contributed by atoms with Crippen molar-refractivity contribution in [2.45, 2.75) is 19.4 Å². The lowest BCUT2D eigenvalue weighted by Gasteiger charge is -2.14. The first kappa shape index (κ1) is 20.6. The second-order valence-corrected chi connectivity index (χ2v) is 7.33. The number of anilines is 1. The molecule has 9 heteroatoms. The predicted molar refractivity (Wildman–Crippen MR) is 116 cm³/mol. The maximum Gasteiger partial charge on any atom is 0.247 e. The van der Waals surface area contributed by atoms with Gasteiger partial charge in [0.25, 0.3) is 0 Å². The lowest BCUT2D eigenvalue weighted by molar-refractivity contribution is 0.178. The Balaban J connectivity index is 1.37. The zero-order chi connectivity index (χ0) is 21.8. The molecular formula is C22H19ClN6O2. The number of nitrogens with one attached hydrogen (secondary N) is 1. The summed E-state index contributed by atoms with van der Waals surface area (Å²) in [4.78, 5) is 0. The SMILES string of the molecule is Cc1c(NC[C@H](O)Cc2nnc(-c3ccc(-n4cccn4)cc3)o2)ccc(C#N)c1Cl. The van der Waals surface area contributed by atoms with E-state index in [1.165, 1.54) is 0 Å². The van der Waals surface area contributed by atoms with Gasteiger partial charge >= 0.3 is 0 Å². The van der Waals surface area contributed by atoms with Crippen LogP contribution in [0, 0.1) is 18.3 Å². The van der Waals surface area contributed by atoms with Crippen molar-refractivity contribution in [3.63, 3.8) is 0 Å². The Morgan fingerprint density at radius 1 is 1.23 bits per heavy atom. The van der Waals surface area contributed by atoms with E-state index in [0.29, 0.717) is 22.4 Å². The van der Waals surface area contributed by atoms with Crippen molar-refractivity contribution in [3.05, 3.63) is 76.9 Å². The summed E-state index contributed by atoms with van der Waals surface area (Å²) in [5.74, 6) is 0.729. The Bertz CT molecular complexity index is 1210. The van der Waals surface area contributed by atoms with Crippen molar-refractivity contribution in [3.8, 4) is 23.2 Å². The third kappa shape index (κ3) is 4.58. The molecule has 0 bridgehead atoms. The number of nitriles is 1. The fourth-order valence-electron chi connectivity index (χ4n) is 3.10. The summed E-state index contributed by atoms with van der Waals surface area (Å²) in [6, 6.07) is 14.9. The molecule has 0 aliphatic rings. The van der Waals surface area contributed by atoms with Crippen LogP contribution in [0.25, 0.3) is 17.1 Å². The Hall–Kier alpha value is -3.67. The maximum absolute atomic E-state index is 10.4. The molecule has 2 heterocycles. The van der Waals surface area contributed by atoms with Crippen LogP contribution in [0.5, 0.6) is 0 Å². The quantitative estimate of drug-likeness (QED) is 0.455. The number of nitrogens with zero attached hydrogens (tertiary/aromatic N) is 5. The molecule has 2 N–H and O–H groups in total. The van der Waals surface area contributed by atoms with Crippen LogP contribution in [0.15, 0.2) is 59.3 Å². The highest BCUT2D eigenvalue weighted by Crippen LogP contribution is 2.27. The molecule has 4 rings (SSSR count). The molecule has 1 atom stereocenters. The monoisotopic (exact) mass is 434 g/mol. The molecule has 0 aliphatic carbocycles. The van der Waals surface area contributed by atoms with Gasteiger partial charge in [-0.05, 0) is 55.0 Å². The van der Waals surface area contributed by atoms with Gasteiger partial charge in [-0.15, -0.1) is 10.2 Å². The molecule has 4 aromatic rings. The van der Waals surface area contributed by atoms with Gasteiger partial charge in [-0.25, -0.2) is 4.68 Å². The molecule has 0 saturated heterocycles. The standard InChI is InChI=1S/C22H19ClN6O2/c1-14-19(8-5-16(12-24)21(14)23)25-13-18(30)11-20-27-28-22(31-20)15-3-6-17(7-4-15)29-10-2-9-26-29/h2-10,18,25,30H,11,13H2,1H3/t18-/m1/s1. The van der Waals surface area contributed by atoms with Crippen molar-refractivity contribution in [1.82, 2.24) is 20.0 Å². The molecule has 0 fully saturated rings.